The fourth-order valence-electron chi connectivity index (χ4n) is 2.21. The lowest BCUT2D eigenvalue weighted by Gasteiger charge is -2.18. The molecule has 18 heavy (non-hydrogen) atoms. The van der Waals surface area contributed by atoms with Gasteiger partial charge in [-0.05, 0) is 43.5 Å². The fourth-order valence-corrected chi connectivity index (χ4v) is 4.49. The molecule has 1 aromatic rings. The first kappa shape index (κ1) is 14.0. The molecule has 0 radical (unpaired) electrons. The Kier molecular flexibility index (Phi) is 4.11. The van der Waals surface area contributed by atoms with Gasteiger partial charge in [0.15, 0.2) is 0 Å². The number of sulfonamides is 1. The van der Waals surface area contributed by atoms with Crippen LogP contribution >= 0.6 is 15.9 Å². The molecule has 1 aliphatic heterocycles. The van der Waals surface area contributed by atoms with Crippen LogP contribution in [0.1, 0.15) is 12.0 Å². The molecule has 6 heteroatoms. The quantitative estimate of drug-likeness (QED) is 0.916. The average molecular weight is 333 g/mol. The molecule has 0 aromatic heterocycles. The number of nitrogens with zero attached hydrogens (tertiary/aromatic N) is 1. The van der Waals surface area contributed by atoms with Gasteiger partial charge in [-0.1, -0.05) is 22.0 Å². The molecule has 0 saturated carbocycles. The maximum absolute atomic E-state index is 12.5. The second-order valence-corrected chi connectivity index (χ2v) is 7.38. The van der Waals surface area contributed by atoms with Crippen molar-refractivity contribution in [1.82, 2.24) is 4.31 Å². The first-order valence-corrected chi connectivity index (χ1v) is 8.15. The van der Waals surface area contributed by atoms with Crippen LogP contribution in [0.2, 0.25) is 0 Å². The van der Waals surface area contributed by atoms with E-state index in [1.165, 1.54) is 0 Å². The van der Waals surface area contributed by atoms with Crippen molar-refractivity contribution >= 4 is 26.0 Å². The van der Waals surface area contributed by atoms with Gasteiger partial charge < -0.3 is 5.73 Å². The summed E-state index contributed by atoms with van der Waals surface area (Å²) >= 11 is 3.37. The van der Waals surface area contributed by atoms with Crippen LogP contribution in [0.25, 0.3) is 0 Å². The van der Waals surface area contributed by atoms with E-state index >= 15 is 0 Å². The lowest BCUT2D eigenvalue weighted by atomic mass is 10.1. The minimum absolute atomic E-state index is 0.284. The smallest absolute Gasteiger partial charge is 0.243 e. The van der Waals surface area contributed by atoms with E-state index in [4.69, 9.17) is 5.73 Å². The van der Waals surface area contributed by atoms with Gasteiger partial charge in [-0.15, -0.1) is 0 Å². The Morgan fingerprint density at radius 1 is 1.50 bits per heavy atom. The summed E-state index contributed by atoms with van der Waals surface area (Å²) in [4.78, 5) is 0.384. The molecule has 1 saturated heterocycles. The van der Waals surface area contributed by atoms with Gasteiger partial charge in [-0.25, -0.2) is 8.42 Å². The highest BCUT2D eigenvalue weighted by molar-refractivity contribution is 9.10. The second-order valence-electron chi connectivity index (χ2n) is 4.62. The van der Waals surface area contributed by atoms with Gasteiger partial charge in [-0.2, -0.15) is 4.31 Å². The normalized spacial score (nSPS) is 21.4. The van der Waals surface area contributed by atoms with Crippen molar-refractivity contribution in [2.24, 2.45) is 11.7 Å². The molecule has 0 bridgehead atoms. The molecule has 1 aliphatic rings. The van der Waals surface area contributed by atoms with E-state index in [0.717, 1.165) is 16.5 Å². The first-order valence-electron chi connectivity index (χ1n) is 5.92. The van der Waals surface area contributed by atoms with Crippen molar-refractivity contribution in [3.05, 3.63) is 28.2 Å². The van der Waals surface area contributed by atoms with Crippen LogP contribution in [0.5, 0.6) is 0 Å². The highest BCUT2D eigenvalue weighted by Crippen LogP contribution is 2.28. The minimum Gasteiger partial charge on any atom is -0.330 e. The maximum Gasteiger partial charge on any atom is 0.243 e. The number of benzene rings is 1. The van der Waals surface area contributed by atoms with E-state index in [9.17, 15) is 8.42 Å². The van der Waals surface area contributed by atoms with Crippen LogP contribution in [0, 0.1) is 12.8 Å². The van der Waals surface area contributed by atoms with E-state index in [2.05, 4.69) is 15.9 Å². The molecule has 2 N–H and O–H groups in total. The van der Waals surface area contributed by atoms with Gasteiger partial charge in [0.25, 0.3) is 0 Å². The number of nitrogens with two attached hydrogens (primary N) is 1. The zero-order chi connectivity index (χ0) is 13.3. The van der Waals surface area contributed by atoms with Crippen LogP contribution in [0.15, 0.2) is 27.6 Å². The van der Waals surface area contributed by atoms with Gasteiger partial charge in [0.05, 0.1) is 4.90 Å². The molecule has 1 fully saturated rings. The van der Waals surface area contributed by atoms with E-state index in [-0.39, 0.29) is 5.92 Å². The number of hydrogen-bond acceptors (Lipinski definition) is 3. The summed E-state index contributed by atoms with van der Waals surface area (Å²) in [7, 11) is -3.39. The molecule has 0 amide bonds. The average Bonchev–Trinajstić information content (AvgIpc) is 2.81. The van der Waals surface area contributed by atoms with Crippen molar-refractivity contribution in [1.29, 1.82) is 0 Å². The summed E-state index contributed by atoms with van der Waals surface area (Å²) < 4.78 is 27.4. The summed E-state index contributed by atoms with van der Waals surface area (Å²) in [5.41, 5.74) is 6.36. The molecular weight excluding hydrogens is 316 g/mol. The Labute approximate surface area is 116 Å². The predicted molar refractivity (Wildman–Crippen MR) is 74.8 cm³/mol. The molecule has 1 unspecified atom stereocenters. The standard InChI is InChI=1S/C12H17BrN2O2S/c1-9-11(13)3-2-4-12(9)18(16,17)15-6-5-10(7-14)8-15/h2-4,10H,5-8,14H2,1H3. The van der Waals surface area contributed by atoms with E-state index < -0.39 is 10.0 Å². The number of rotatable bonds is 3. The van der Waals surface area contributed by atoms with Crippen molar-refractivity contribution in [2.45, 2.75) is 18.2 Å². The topological polar surface area (TPSA) is 63.4 Å². The Bertz CT molecular complexity index is 545. The zero-order valence-corrected chi connectivity index (χ0v) is 12.7. The molecule has 100 valence electrons. The van der Waals surface area contributed by atoms with Gasteiger partial charge in [0, 0.05) is 17.6 Å². The van der Waals surface area contributed by atoms with Crippen LogP contribution < -0.4 is 5.73 Å². The van der Waals surface area contributed by atoms with E-state index in [1.54, 1.807) is 16.4 Å². The second kappa shape index (κ2) is 5.28. The first-order chi connectivity index (χ1) is 8.46. The van der Waals surface area contributed by atoms with Gasteiger partial charge in [-0.3, -0.25) is 0 Å². The molecule has 0 aliphatic carbocycles. The Hall–Kier alpha value is -0.430. The third-order valence-corrected chi connectivity index (χ3v) is 6.29. The SMILES string of the molecule is Cc1c(Br)cccc1S(=O)(=O)N1CCC(CN)C1. The highest BCUT2D eigenvalue weighted by Gasteiger charge is 2.32. The molecule has 1 heterocycles. The molecular formula is C12H17BrN2O2S. The monoisotopic (exact) mass is 332 g/mol. The molecule has 4 nitrogen and oxygen atoms in total. The van der Waals surface area contributed by atoms with Crippen molar-refractivity contribution in [3.8, 4) is 0 Å². The van der Waals surface area contributed by atoms with Crippen LogP contribution in [0.3, 0.4) is 0 Å². The summed E-state index contributed by atoms with van der Waals surface area (Å²) in [5.74, 6) is 0.284. The Balaban J connectivity index is 2.35. The Morgan fingerprint density at radius 3 is 2.83 bits per heavy atom. The summed E-state index contributed by atoms with van der Waals surface area (Å²) in [6.07, 6.45) is 0.850. The maximum atomic E-state index is 12.5. The third kappa shape index (κ3) is 2.47. The van der Waals surface area contributed by atoms with Gasteiger partial charge in [0.2, 0.25) is 10.0 Å². The van der Waals surface area contributed by atoms with E-state index in [1.807, 2.05) is 13.0 Å². The molecule has 1 aromatic carbocycles. The lowest BCUT2D eigenvalue weighted by molar-refractivity contribution is 0.458. The van der Waals surface area contributed by atoms with Crippen LogP contribution in [-0.4, -0.2) is 32.4 Å². The van der Waals surface area contributed by atoms with Gasteiger partial charge >= 0.3 is 0 Å². The summed E-state index contributed by atoms with van der Waals surface area (Å²) in [6.45, 7) is 3.46. The number of hydrogen-bond donors (Lipinski definition) is 1. The van der Waals surface area contributed by atoms with Gasteiger partial charge in [0.1, 0.15) is 0 Å². The van der Waals surface area contributed by atoms with Crippen molar-refractivity contribution in [3.63, 3.8) is 0 Å². The van der Waals surface area contributed by atoms with Crippen LogP contribution in [0.4, 0.5) is 0 Å². The third-order valence-electron chi connectivity index (χ3n) is 3.42. The van der Waals surface area contributed by atoms with Crippen molar-refractivity contribution in [2.75, 3.05) is 19.6 Å². The fraction of sp³-hybridized carbons (Fsp3) is 0.500. The largest absolute Gasteiger partial charge is 0.330 e. The Morgan fingerprint density at radius 2 is 2.22 bits per heavy atom. The van der Waals surface area contributed by atoms with E-state index in [0.29, 0.717) is 24.5 Å². The zero-order valence-electron chi connectivity index (χ0n) is 10.3. The highest BCUT2D eigenvalue weighted by atomic mass is 79.9. The predicted octanol–water partition coefficient (Wildman–Crippen LogP) is 1.73. The van der Waals surface area contributed by atoms with Crippen LogP contribution in [-0.2, 0) is 10.0 Å². The van der Waals surface area contributed by atoms with Crippen molar-refractivity contribution < 1.29 is 8.42 Å². The molecule has 0 spiro atoms. The minimum atomic E-state index is -3.39. The number of halogens is 1. The molecule has 2 rings (SSSR count). The summed E-state index contributed by atoms with van der Waals surface area (Å²) in [5, 5.41) is 0. The lowest BCUT2D eigenvalue weighted by Crippen LogP contribution is -2.30. The molecule has 1 atom stereocenters. The summed E-state index contributed by atoms with van der Waals surface area (Å²) in [6, 6.07) is 5.26.